The van der Waals surface area contributed by atoms with E-state index in [1.165, 1.54) is 33.6 Å². The van der Waals surface area contributed by atoms with Crippen molar-refractivity contribution < 1.29 is 4.79 Å². The summed E-state index contributed by atoms with van der Waals surface area (Å²) in [6.45, 7) is 10.6. The van der Waals surface area contributed by atoms with Gasteiger partial charge in [0.2, 0.25) is 5.91 Å². The maximum Gasteiger partial charge on any atom is 0.219 e. The van der Waals surface area contributed by atoms with Crippen molar-refractivity contribution in [2.75, 3.05) is 18.0 Å². The zero-order valence-electron chi connectivity index (χ0n) is 19.7. The summed E-state index contributed by atoms with van der Waals surface area (Å²) < 4.78 is 4.03. The molecule has 5 rings (SSSR count). The van der Waals surface area contributed by atoms with Crippen molar-refractivity contribution >= 4 is 17.4 Å². The van der Waals surface area contributed by atoms with Gasteiger partial charge < -0.3 is 9.80 Å². The number of carbonyl (C=O) groups excluding carboxylic acids is 1. The number of anilines is 2. The molecule has 7 nitrogen and oxygen atoms in total. The third kappa shape index (κ3) is 3.40. The van der Waals surface area contributed by atoms with Crippen LogP contribution in [0.15, 0.2) is 24.5 Å². The topological polar surface area (TPSA) is 59.2 Å². The van der Waals surface area contributed by atoms with Crippen LogP contribution in [-0.2, 0) is 31.2 Å². The first-order valence-electron chi connectivity index (χ1n) is 11.6. The molecular formula is C25H32N6O. The third-order valence-electron chi connectivity index (χ3n) is 6.82. The second-order valence-corrected chi connectivity index (χ2v) is 9.43. The monoisotopic (exact) mass is 432 g/mol. The summed E-state index contributed by atoms with van der Waals surface area (Å²) in [7, 11) is 1.96. The Kier molecular flexibility index (Phi) is 5.07. The number of hydrogen-bond acceptors (Lipinski definition) is 4. The number of aryl methyl sites for hydroxylation is 3. The van der Waals surface area contributed by atoms with Gasteiger partial charge in [0.1, 0.15) is 0 Å². The van der Waals surface area contributed by atoms with E-state index in [-0.39, 0.29) is 5.91 Å². The smallest absolute Gasteiger partial charge is 0.219 e. The van der Waals surface area contributed by atoms with Crippen LogP contribution in [0, 0.1) is 6.92 Å². The maximum absolute atomic E-state index is 12.1. The Morgan fingerprint density at radius 3 is 2.66 bits per heavy atom. The molecule has 0 aliphatic carbocycles. The van der Waals surface area contributed by atoms with Crippen LogP contribution in [-0.4, -0.2) is 43.5 Å². The van der Waals surface area contributed by atoms with Gasteiger partial charge in [0.25, 0.3) is 0 Å². The molecular weight excluding hydrogens is 400 g/mol. The number of amides is 1. The van der Waals surface area contributed by atoms with Crippen molar-refractivity contribution in [2.45, 2.75) is 59.5 Å². The SMILES string of the molecule is CC(=O)N1CCc2c(c(N3CCCc4cc(-c5cnn(C)c5)c(C)cc43)nn2C(C)C)C1. The van der Waals surface area contributed by atoms with E-state index in [1.807, 2.05) is 22.8 Å². The molecule has 3 aromatic rings. The molecule has 0 saturated heterocycles. The van der Waals surface area contributed by atoms with Gasteiger partial charge in [-0.05, 0) is 62.4 Å². The summed E-state index contributed by atoms with van der Waals surface area (Å²) in [4.78, 5) is 16.5. The molecule has 7 heteroatoms. The van der Waals surface area contributed by atoms with Crippen LogP contribution in [0.5, 0.6) is 0 Å². The second-order valence-electron chi connectivity index (χ2n) is 9.43. The molecule has 1 aromatic carbocycles. The van der Waals surface area contributed by atoms with Gasteiger partial charge in [0, 0.05) is 68.2 Å². The molecule has 0 atom stereocenters. The van der Waals surface area contributed by atoms with Crippen LogP contribution in [0.25, 0.3) is 11.1 Å². The van der Waals surface area contributed by atoms with Gasteiger partial charge in [0.05, 0.1) is 12.7 Å². The molecule has 0 unspecified atom stereocenters. The summed E-state index contributed by atoms with van der Waals surface area (Å²) in [6.07, 6.45) is 7.02. The number of aromatic nitrogens is 4. The Hall–Kier alpha value is -3.09. The Balaban J connectivity index is 1.60. The van der Waals surface area contributed by atoms with E-state index in [9.17, 15) is 4.79 Å². The highest BCUT2D eigenvalue weighted by Gasteiger charge is 2.31. The van der Waals surface area contributed by atoms with Gasteiger partial charge >= 0.3 is 0 Å². The minimum absolute atomic E-state index is 0.134. The quantitative estimate of drug-likeness (QED) is 0.624. The number of rotatable bonds is 3. The predicted molar refractivity (Wildman–Crippen MR) is 126 cm³/mol. The maximum atomic E-state index is 12.1. The lowest BCUT2D eigenvalue weighted by Crippen LogP contribution is -2.35. The van der Waals surface area contributed by atoms with Crippen molar-refractivity contribution in [3.63, 3.8) is 0 Å². The number of nitrogens with zero attached hydrogens (tertiary/aromatic N) is 6. The van der Waals surface area contributed by atoms with Gasteiger partial charge in [-0.1, -0.05) is 0 Å². The lowest BCUT2D eigenvalue weighted by molar-refractivity contribution is -0.129. The van der Waals surface area contributed by atoms with Gasteiger partial charge in [-0.2, -0.15) is 10.2 Å². The second kappa shape index (κ2) is 7.80. The van der Waals surface area contributed by atoms with Crippen LogP contribution < -0.4 is 4.90 Å². The fourth-order valence-electron chi connectivity index (χ4n) is 5.17. The molecule has 32 heavy (non-hydrogen) atoms. The lowest BCUT2D eigenvalue weighted by atomic mass is 9.93. The molecule has 0 bridgehead atoms. The highest BCUT2D eigenvalue weighted by molar-refractivity contribution is 5.77. The van der Waals surface area contributed by atoms with Crippen LogP contribution in [0.2, 0.25) is 0 Å². The molecule has 0 saturated carbocycles. The summed E-state index contributed by atoms with van der Waals surface area (Å²) >= 11 is 0. The molecule has 0 N–H and O–H groups in total. The Labute approximate surface area is 189 Å². The minimum atomic E-state index is 0.134. The van der Waals surface area contributed by atoms with E-state index in [0.717, 1.165) is 43.7 Å². The van der Waals surface area contributed by atoms with Crippen molar-refractivity contribution in [3.8, 4) is 11.1 Å². The molecule has 0 spiro atoms. The van der Waals surface area contributed by atoms with E-state index < -0.39 is 0 Å². The molecule has 2 aromatic heterocycles. The van der Waals surface area contributed by atoms with E-state index in [1.54, 1.807) is 6.92 Å². The van der Waals surface area contributed by atoms with Crippen LogP contribution in [0.3, 0.4) is 0 Å². The molecule has 2 aliphatic rings. The summed E-state index contributed by atoms with van der Waals surface area (Å²) in [6, 6.07) is 4.94. The standard InChI is InChI=1S/C25H32N6O/c1-16(2)31-23-8-10-29(18(4)32)15-22(23)25(27-31)30-9-6-7-19-12-21(17(3)11-24(19)30)20-13-26-28(5)14-20/h11-14,16H,6-10,15H2,1-5H3. The van der Waals surface area contributed by atoms with Crippen molar-refractivity contribution in [3.05, 3.63) is 46.9 Å². The predicted octanol–water partition coefficient (Wildman–Crippen LogP) is 4.16. The van der Waals surface area contributed by atoms with Gasteiger partial charge in [-0.15, -0.1) is 0 Å². The number of hydrogen-bond donors (Lipinski definition) is 0. The molecule has 2 aliphatic heterocycles. The Morgan fingerprint density at radius 1 is 1.16 bits per heavy atom. The Morgan fingerprint density at radius 2 is 1.97 bits per heavy atom. The fraction of sp³-hybridized carbons (Fsp3) is 0.480. The first kappa shape index (κ1) is 20.8. The average Bonchev–Trinajstić information content (AvgIpc) is 3.36. The lowest BCUT2D eigenvalue weighted by Gasteiger charge is -2.33. The van der Waals surface area contributed by atoms with Crippen molar-refractivity contribution in [2.24, 2.45) is 7.05 Å². The highest BCUT2D eigenvalue weighted by atomic mass is 16.2. The zero-order chi connectivity index (χ0) is 22.6. The van der Waals surface area contributed by atoms with Crippen LogP contribution in [0.1, 0.15) is 55.6 Å². The molecule has 4 heterocycles. The van der Waals surface area contributed by atoms with Gasteiger partial charge in [0.15, 0.2) is 5.82 Å². The fourth-order valence-corrected chi connectivity index (χ4v) is 5.17. The Bertz CT molecular complexity index is 1190. The first-order valence-corrected chi connectivity index (χ1v) is 11.6. The van der Waals surface area contributed by atoms with Crippen LogP contribution >= 0.6 is 0 Å². The summed E-state index contributed by atoms with van der Waals surface area (Å²) in [5.74, 6) is 1.16. The average molecular weight is 433 g/mol. The zero-order valence-corrected chi connectivity index (χ0v) is 19.7. The van der Waals surface area contributed by atoms with Crippen LogP contribution in [0.4, 0.5) is 11.5 Å². The van der Waals surface area contributed by atoms with Crippen molar-refractivity contribution in [1.82, 2.24) is 24.5 Å². The molecule has 0 radical (unpaired) electrons. The molecule has 0 fully saturated rings. The van der Waals surface area contributed by atoms with Crippen molar-refractivity contribution in [1.29, 1.82) is 0 Å². The van der Waals surface area contributed by atoms with E-state index >= 15 is 0 Å². The number of carbonyl (C=O) groups is 1. The number of benzene rings is 1. The van der Waals surface area contributed by atoms with E-state index in [0.29, 0.717) is 12.6 Å². The summed E-state index contributed by atoms with van der Waals surface area (Å²) in [5, 5.41) is 9.47. The molecule has 1 amide bonds. The normalized spacial score (nSPS) is 15.8. The van der Waals surface area contributed by atoms with Gasteiger partial charge in [-0.3, -0.25) is 14.2 Å². The highest BCUT2D eigenvalue weighted by Crippen LogP contribution is 2.40. The largest absolute Gasteiger partial charge is 0.338 e. The molecule has 168 valence electrons. The number of fused-ring (bicyclic) bond motifs is 2. The van der Waals surface area contributed by atoms with E-state index in [4.69, 9.17) is 5.10 Å². The van der Waals surface area contributed by atoms with Gasteiger partial charge in [-0.25, -0.2) is 0 Å². The van der Waals surface area contributed by atoms with E-state index in [2.05, 4.69) is 53.8 Å². The third-order valence-corrected chi connectivity index (χ3v) is 6.82. The minimum Gasteiger partial charge on any atom is -0.338 e. The first-order chi connectivity index (χ1) is 15.3. The summed E-state index contributed by atoms with van der Waals surface area (Å²) in [5.41, 5.74) is 8.74.